The number of aryl methyl sites for hydroxylation is 4. The molecule has 0 fully saturated rings. The predicted octanol–water partition coefficient (Wildman–Crippen LogP) is 4.82. The summed E-state index contributed by atoms with van der Waals surface area (Å²) in [6, 6.07) is 10.4. The normalized spacial score (nSPS) is 12.5. The van der Waals surface area contributed by atoms with Gasteiger partial charge in [0.1, 0.15) is 0 Å². The zero-order valence-corrected chi connectivity index (χ0v) is 13.4. The van der Waals surface area contributed by atoms with Gasteiger partial charge in [-0.2, -0.15) is 0 Å². The van der Waals surface area contributed by atoms with Crippen LogP contribution in [0, 0.1) is 27.7 Å². The van der Waals surface area contributed by atoms with Crippen molar-refractivity contribution in [2.24, 2.45) is 5.73 Å². The molecule has 0 aliphatic carbocycles. The average molecular weight is 288 g/mol. The SMILES string of the molecule is Cc1cc(C)c(CC(N)c2cc(Cl)ccc2C)c(C)c1. The molecule has 0 saturated carbocycles. The highest BCUT2D eigenvalue weighted by atomic mass is 35.5. The van der Waals surface area contributed by atoms with Gasteiger partial charge in [-0.05, 0) is 74.1 Å². The Bertz CT molecular complexity index is 608. The second kappa shape index (κ2) is 5.99. The van der Waals surface area contributed by atoms with Crippen molar-refractivity contribution in [2.75, 3.05) is 0 Å². The topological polar surface area (TPSA) is 26.0 Å². The van der Waals surface area contributed by atoms with Crippen LogP contribution in [0.15, 0.2) is 30.3 Å². The third-order valence-electron chi connectivity index (χ3n) is 3.91. The van der Waals surface area contributed by atoms with Crippen LogP contribution in [0.25, 0.3) is 0 Å². The van der Waals surface area contributed by atoms with E-state index in [1.54, 1.807) is 0 Å². The average Bonchev–Trinajstić information content (AvgIpc) is 2.36. The molecule has 2 heteroatoms. The Morgan fingerprint density at radius 2 is 1.55 bits per heavy atom. The Morgan fingerprint density at radius 3 is 2.15 bits per heavy atom. The van der Waals surface area contributed by atoms with Crippen LogP contribution in [-0.4, -0.2) is 0 Å². The molecule has 0 bridgehead atoms. The summed E-state index contributed by atoms with van der Waals surface area (Å²) in [5, 5.41) is 0.749. The maximum absolute atomic E-state index is 6.41. The number of hydrogen-bond acceptors (Lipinski definition) is 1. The molecule has 20 heavy (non-hydrogen) atoms. The van der Waals surface area contributed by atoms with Gasteiger partial charge in [0.25, 0.3) is 0 Å². The van der Waals surface area contributed by atoms with Crippen molar-refractivity contribution >= 4 is 11.6 Å². The fourth-order valence-electron chi connectivity index (χ4n) is 2.87. The van der Waals surface area contributed by atoms with Gasteiger partial charge in [0, 0.05) is 11.1 Å². The van der Waals surface area contributed by atoms with E-state index in [1.807, 2.05) is 18.2 Å². The van der Waals surface area contributed by atoms with Gasteiger partial charge in [-0.1, -0.05) is 35.4 Å². The summed E-state index contributed by atoms with van der Waals surface area (Å²) in [4.78, 5) is 0. The van der Waals surface area contributed by atoms with E-state index in [0.717, 1.165) is 17.0 Å². The number of hydrogen-bond donors (Lipinski definition) is 1. The maximum Gasteiger partial charge on any atom is 0.0409 e. The van der Waals surface area contributed by atoms with Gasteiger partial charge in [0.15, 0.2) is 0 Å². The Labute approximate surface area is 126 Å². The lowest BCUT2D eigenvalue weighted by atomic mass is 9.90. The fourth-order valence-corrected chi connectivity index (χ4v) is 3.05. The van der Waals surface area contributed by atoms with Crippen LogP contribution in [0.1, 0.15) is 39.4 Å². The molecule has 1 nitrogen and oxygen atoms in total. The van der Waals surface area contributed by atoms with Gasteiger partial charge in [-0.3, -0.25) is 0 Å². The molecule has 2 N–H and O–H groups in total. The minimum atomic E-state index is -0.0196. The summed E-state index contributed by atoms with van der Waals surface area (Å²) >= 11 is 6.09. The Hall–Kier alpha value is -1.31. The van der Waals surface area contributed by atoms with E-state index in [4.69, 9.17) is 17.3 Å². The Balaban J connectivity index is 2.32. The van der Waals surface area contributed by atoms with Crippen LogP contribution in [0.4, 0.5) is 0 Å². The van der Waals surface area contributed by atoms with Crippen molar-refractivity contribution in [1.82, 2.24) is 0 Å². The predicted molar refractivity (Wildman–Crippen MR) is 87.5 cm³/mol. The molecule has 2 aromatic carbocycles. The largest absolute Gasteiger partial charge is 0.324 e. The van der Waals surface area contributed by atoms with E-state index < -0.39 is 0 Å². The molecular weight excluding hydrogens is 266 g/mol. The Morgan fingerprint density at radius 1 is 0.950 bits per heavy atom. The van der Waals surface area contributed by atoms with Crippen molar-refractivity contribution in [3.63, 3.8) is 0 Å². The molecule has 1 unspecified atom stereocenters. The van der Waals surface area contributed by atoms with Crippen molar-refractivity contribution in [3.8, 4) is 0 Å². The van der Waals surface area contributed by atoms with Crippen molar-refractivity contribution in [2.45, 2.75) is 40.2 Å². The molecule has 0 spiro atoms. The third kappa shape index (κ3) is 3.23. The summed E-state index contributed by atoms with van der Waals surface area (Å²) in [6.07, 6.45) is 0.846. The lowest BCUT2D eigenvalue weighted by molar-refractivity contribution is 0.710. The van der Waals surface area contributed by atoms with Gasteiger partial charge in [0.05, 0.1) is 0 Å². The van der Waals surface area contributed by atoms with Crippen LogP contribution in [-0.2, 0) is 6.42 Å². The first-order valence-corrected chi connectivity index (χ1v) is 7.34. The summed E-state index contributed by atoms with van der Waals surface area (Å²) in [5.74, 6) is 0. The molecule has 0 aliphatic heterocycles. The number of nitrogens with two attached hydrogens (primary N) is 1. The number of rotatable bonds is 3. The smallest absolute Gasteiger partial charge is 0.0409 e. The minimum absolute atomic E-state index is 0.0196. The number of halogens is 1. The second-order valence-corrected chi connectivity index (χ2v) is 6.13. The lowest BCUT2D eigenvalue weighted by Crippen LogP contribution is -2.16. The fraction of sp³-hybridized carbons (Fsp3) is 0.333. The highest BCUT2D eigenvalue weighted by Gasteiger charge is 2.13. The highest BCUT2D eigenvalue weighted by molar-refractivity contribution is 6.30. The van der Waals surface area contributed by atoms with Crippen LogP contribution >= 0.6 is 11.6 Å². The number of benzene rings is 2. The van der Waals surface area contributed by atoms with E-state index in [9.17, 15) is 0 Å². The first-order valence-electron chi connectivity index (χ1n) is 6.97. The monoisotopic (exact) mass is 287 g/mol. The van der Waals surface area contributed by atoms with E-state index in [2.05, 4.69) is 39.8 Å². The van der Waals surface area contributed by atoms with Crippen LogP contribution in [0.5, 0.6) is 0 Å². The summed E-state index contributed by atoms with van der Waals surface area (Å²) < 4.78 is 0. The quantitative estimate of drug-likeness (QED) is 0.861. The summed E-state index contributed by atoms with van der Waals surface area (Å²) in [7, 11) is 0. The lowest BCUT2D eigenvalue weighted by Gasteiger charge is -2.18. The van der Waals surface area contributed by atoms with Crippen LogP contribution in [0.2, 0.25) is 5.02 Å². The highest BCUT2D eigenvalue weighted by Crippen LogP contribution is 2.26. The first-order chi connectivity index (χ1) is 9.38. The molecule has 1 atom stereocenters. The standard InChI is InChI=1S/C18H22ClN/c1-11-7-13(3)16(14(4)8-11)10-18(20)17-9-15(19)6-5-12(17)2/h5-9,18H,10,20H2,1-4H3. The molecule has 0 amide bonds. The minimum Gasteiger partial charge on any atom is -0.324 e. The van der Waals surface area contributed by atoms with Gasteiger partial charge in [0.2, 0.25) is 0 Å². The molecule has 0 saturated heterocycles. The molecule has 0 radical (unpaired) electrons. The zero-order valence-electron chi connectivity index (χ0n) is 12.6. The molecular formula is C18H22ClN. The van der Waals surface area contributed by atoms with Crippen LogP contribution in [0.3, 0.4) is 0 Å². The van der Waals surface area contributed by atoms with E-state index in [0.29, 0.717) is 0 Å². The van der Waals surface area contributed by atoms with E-state index in [-0.39, 0.29) is 6.04 Å². The first kappa shape index (κ1) is 15.1. The molecule has 0 heterocycles. The second-order valence-electron chi connectivity index (χ2n) is 5.69. The summed E-state index contributed by atoms with van der Waals surface area (Å²) in [5.41, 5.74) is 14.0. The zero-order chi connectivity index (χ0) is 14.9. The van der Waals surface area contributed by atoms with Gasteiger partial charge >= 0.3 is 0 Å². The third-order valence-corrected chi connectivity index (χ3v) is 4.14. The van der Waals surface area contributed by atoms with Crippen molar-refractivity contribution < 1.29 is 0 Å². The molecule has 2 rings (SSSR count). The van der Waals surface area contributed by atoms with Gasteiger partial charge in [-0.25, -0.2) is 0 Å². The van der Waals surface area contributed by atoms with Crippen molar-refractivity contribution in [3.05, 3.63) is 68.7 Å². The van der Waals surface area contributed by atoms with E-state index in [1.165, 1.54) is 27.8 Å². The van der Waals surface area contributed by atoms with Crippen molar-refractivity contribution in [1.29, 1.82) is 0 Å². The van der Waals surface area contributed by atoms with Crippen LogP contribution < -0.4 is 5.73 Å². The maximum atomic E-state index is 6.41. The molecule has 106 valence electrons. The van der Waals surface area contributed by atoms with Gasteiger partial charge in [-0.15, -0.1) is 0 Å². The molecule has 0 aromatic heterocycles. The van der Waals surface area contributed by atoms with E-state index >= 15 is 0 Å². The van der Waals surface area contributed by atoms with Gasteiger partial charge < -0.3 is 5.73 Å². The summed E-state index contributed by atoms with van der Waals surface area (Å²) in [6.45, 7) is 8.53. The Kier molecular flexibility index (Phi) is 4.52. The molecule has 2 aromatic rings. The molecule has 0 aliphatic rings.